The molecule has 0 radical (unpaired) electrons. The maximum absolute atomic E-state index is 5.34. The van der Waals surface area contributed by atoms with Crippen LogP contribution in [0.4, 0.5) is 0 Å². The summed E-state index contributed by atoms with van der Waals surface area (Å²) < 4.78 is 5.34. The molecular formula is C17H27NO. The molecule has 2 heteroatoms. The van der Waals surface area contributed by atoms with Crippen LogP contribution in [0.5, 0.6) is 5.75 Å². The molecule has 2 rings (SSSR count). The van der Waals surface area contributed by atoms with Crippen molar-refractivity contribution in [3.8, 4) is 5.75 Å². The molecule has 0 heterocycles. The summed E-state index contributed by atoms with van der Waals surface area (Å²) >= 11 is 0. The van der Waals surface area contributed by atoms with Crippen LogP contribution in [0.25, 0.3) is 0 Å². The largest absolute Gasteiger partial charge is 0.497 e. The second kappa shape index (κ2) is 6.95. The molecular weight excluding hydrogens is 234 g/mol. The van der Waals surface area contributed by atoms with Crippen LogP contribution in [0.15, 0.2) is 24.3 Å². The van der Waals surface area contributed by atoms with Gasteiger partial charge in [0.05, 0.1) is 7.11 Å². The molecule has 0 aliphatic heterocycles. The minimum atomic E-state index is 0.459. The third kappa shape index (κ3) is 3.97. The van der Waals surface area contributed by atoms with Crippen molar-refractivity contribution < 1.29 is 4.74 Å². The zero-order valence-corrected chi connectivity index (χ0v) is 12.4. The number of hydrogen-bond acceptors (Lipinski definition) is 2. The van der Waals surface area contributed by atoms with Gasteiger partial charge in [-0.2, -0.15) is 0 Å². The zero-order chi connectivity index (χ0) is 13.6. The SMILES string of the molecule is CCNCC1(Cc2cccc(OC)c2)CCCCC1. The van der Waals surface area contributed by atoms with E-state index in [4.69, 9.17) is 4.74 Å². The monoisotopic (exact) mass is 261 g/mol. The standard InChI is InChI=1S/C17H27NO/c1-3-18-14-17(10-5-4-6-11-17)13-15-8-7-9-16(12-15)19-2/h7-9,12,18H,3-6,10-11,13-14H2,1-2H3. The van der Waals surface area contributed by atoms with Crippen molar-refractivity contribution in [3.63, 3.8) is 0 Å². The fraction of sp³-hybridized carbons (Fsp3) is 0.647. The molecule has 2 nitrogen and oxygen atoms in total. The average Bonchev–Trinajstić information content (AvgIpc) is 2.46. The molecule has 0 saturated heterocycles. The van der Waals surface area contributed by atoms with E-state index in [0.717, 1.165) is 18.8 Å². The van der Waals surface area contributed by atoms with E-state index >= 15 is 0 Å². The molecule has 1 saturated carbocycles. The molecule has 19 heavy (non-hydrogen) atoms. The summed E-state index contributed by atoms with van der Waals surface area (Å²) in [7, 11) is 1.74. The lowest BCUT2D eigenvalue weighted by Gasteiger charge is -2.38. The van der Waals surface area contributed by atoms with E-state index in [1.54, 1.807) is 7.11 Å². The molecule has 0 spiro atoms. The fourth-order valence-corrected chi connectivity index (χ4v) is 3.32. The van der Waals surface area contributed by atoms with Crippen LogP contribution in [0.2, 0.25) is 0 Å². The van der Waals surface area contributed by atoms with Crippen molar-refractivity contribution >= 4 is 0 Å². The Balaban J connectivity index is 2.09. The van der Waals surface area contributed by atoms with Gasteiger partial charge in [-0.15, -0.1) is 0 Å². The Morgan fingerprint density at radius 2 is 2.00 bits per heavy atom. The summed E-state index contributed by atoms with van der Waals surface area (Å²) in [5.41, 5.74) is 1.87. The third-order valence-electron chi connectivity index (χ3n) is 4.38. The Kier molecular flexibility index (Phi) is 5.26. The maximum atomic E-state index is 5.34. The predicted octanol–water partition coefficient (Wildman–Crippen LogP) is 3.80. The minimum Gasteiger partial charge on any atom is -0.497 e. The van der Waals surface area contributed by atoms with Gasteiger partial charge in [0.25, 0.3) is 0 Å². The molecule has 0 atom stereocenters. The summed E-state index contributed by atoms with van der Waals surface area (Å²) in [4.78, 5) is 0. The lowest BCUT2D eigenvalue weighted by Crippen LogP contribution is -2.37. The van der Waals surface area contributed by atoms with Gasteiger partial charge in [0, 0.05) is 6.54 Å². The minimum absolute atomic E-state index is 0.459. The maximum Gasteiger partial charge on any atom is 0.119 e. The van der Waals surface area contributed by atoms with Gasteiger partial charge in [-0.1, -0.05) is 38.3 Å². The second-order valence-corrected chi connectivity index (χ2v) is 5.87. The number of methoxy groups -OCH3 is 1. The van der Waals surface area contributed by atoms with Crippen molar-refractivity contribution in [1.29, 1.82) is 0 Å². The first-order chi connectivity index (χ1) is 9.28. The smallest absolute Gasteiger partial charge is 0.119 e. The molecule has 106 valence electrons. The Morgan fingerprint density at radius 3 is 2.68 bits per heavy atom. The van der Waals surface area contributed by atoms with E-state index in [1.807, 2.05) is 6.07 Å². The first-order valence-electron chi connectivity index (χ1n) is 7.62. The van der Waals surface area contributed by atoms with Gasteiger partial charge in [-0.05, 0) is 48.9 Å². The van der Waals surface area contributed by atoms with Gasteiger partial charge in [-0.3, -0.25) is 0 Å². The summed E-state index contributed by atoms with van der Waals surface area (Å²) in [6, 6.07) is 8.58. The third-order valence-corrected chi connectivity index (χ3v) is 4.38. The molecule has 1 aliphatic carbocycles. The van der Waals surface area contributed by atoms with Crippen molar-refractivity contribution in [2.24, 2.45) is 5.41 Å². The number of hydrogen-bond donors (Lipinski definition) is 1. The van der Waals surface area contributed by atoms with Gasteiger partial charge in [0.15, 0.2) is 0 Å². The Hall–Kier alpha value is -1.02. The van der Waals surface area contributed by atoms with Crippen molar-refractivity contribution in [1.82, 2.24) is 5.32 Å². The number of nitrogens with one attached hydrogen (secondary N) is 1. The van der Waals surface area contributed by atoms with E-state index in [-0.39, 0.29) is 0 Å². The predicted molar refractivity (Wildman–Crippen MR) is 80.8 cm³/mol. The van der Waals surface area contributed by atoms with Crippen molar-refractivity contribution in [2.45, 2.75) is 45.4 Å². The van der Waals surface area contributed by atoms with Gasteiger partial charge in [0.1, 0.15) is 5.75 Å². The Labute approximate surface area is 117 Å². The van der Waals surface area contributed by atoms with E-state index < -0.39 is 0 Å². The van der Waals surface area contributed by atoms with Crippen molar-refractivity contribution in [3.05, 3.63) is 29.8 Å². The van der Waals surface area contributed by atoms with Gasteiger partial charge in [0.2, 0.25) is 0 Å². The molecule has 1 aromatic carbocycles. The molecule has 0 unspecified atom stereocenters. The zero-order valence-electron chi connectivity index (χ0n) is 12.4. The quantitative estimate of drug-likeness (QED) is 0.841. The van der Waals surface area contributed by atoms with Gasteiger partial charge < -0.3 is 10.1 Å². The highest BCUT2D eigenvalue weighted by Gasteiger charge is 2.31. The van der Waals surface area contributed by atoms with Crippen LogP contribution >= 0.6 is 0 Å². The molecule has 0 bridgehead atoms. The fourth-order valence-electron chi connectivity index (χ4n) is 3.32. The van der Waals surface area contributed by atoms with Crippen LogP contribution in [0.1, 0.15) is 44.6 Å². The lowest BCUT2D eigenvalue weighted by molar-refractivity contribution is 0.182. The number of benzene rings is 1. The molecule has 1 fully saturated rings. The molecule has 1 N–H and O–H groups in total. The first kappa shape index (κ1) is 14.4. The Bertz CT molecular complexity index is 383. The summed E-state index contributed by atoms with van der Waals surface area (Å²) in [5, 5.41) is 3.58. The van der Waals surface area contributed by atoms with Crippen LogP contribution < -0.4 is 10.1 Å². The van der Waals surface area contributed by atoms with Gasteiger partial charge >= 0.3 is 0 Å². The summed E-state index contributed by atoms with van der Waals surface area (Å²) in [6.07, 6.45) is 8.07. The summed E-state index contributed by atoms with van der Waals surface area (Å²) in [5.74, 6) is 0.979. The number of ether oxygens (including phenoxy) is 1. The van der Waals surface area contributed by atoms with Crippen LogP contribution in [-0.2, 0) is 6.42 Å². The topological polar surface area (TPSA) is 21.3 Å². The molecule has 0 aromatic heterocycles. The highest BCUT2D eigenvalue weighted by molar-refractivity contribution is 5.29. The average molecular weight is 261 g/mol. The van der Waals surface area contributed by atoms with Crippen LogP contribution in [-0.4, -0.2) is 20.2 Å². The number of rotatable bonds is 6. The second-order valence-electron chi connectivity index (χ2n) is 5.87. The Morgan fingerprint density at radius 1 is 1.21 bits per heavy atom. The van der Waals surface area contributed by atoms with Crippen LogP contribution in [0.3, 0.4) is 0 Å². The van der Waals surface area contributed by atoms with Gasteiger partial charge in [-0.25, -0.2) is 0 Å². The lowest BCUT2D eigenvalue weighted by atomic mass is 9.70. The molecule has 1 aliphatic rings. The highest BCUT2D eigenvalue weighted by Crippen LogP contribution is 2.39. The first-order valence-corrected chi connectivity index (χ1v) is 7.62. The van der Waals surface area contributed by atoms with E-state index in [9.17, 15) is 0 Å². The highest BCUT2D eigenvalue weighted by atomic mass is 16.5. The van der Waals surface area contributed by atoms with Crippen LogP contribution in [0, 0.1) is 5.41 Å². The van der Waals surface area contributed by atoms with E-state index in [2.05, 4.69) is 30.4 Å². The molecule has 1 aromatic rings. The molecule has 0 amide bonds. The van der Waals surface area contributed by atoms with E-state index in [1.165, 1.54) is 44.1 Å². The van der Waals surface area contributed by atoms with Crippen molar-refractivity contribution in [2.75, 3.05) is 20.2 Å². The normalized spacial score (nSPS) is 18.2. The summed E-state index contributed by atoms with van der Waals surface area (Å²) in [6.45, 7) is 4.42. The van der Waals surface area contributed by atoms with E-state index in [0.29, 0.717) is 5.41 Å².